The maximum absolute atomic E-state index is 11.9. The van der Waals surface area contributed by atoms with Crippen LogP contribution < -0.4 is 0 Å². The molecule has 0 aromatic rings. The molecular weight excluding hydrogens is 180 g/mol. The second kappa shape index (κ2) is 4.17. The summed E-state index contributed by atoms with van der Waals surface area (Å²) >= 11 is 0. The van der Waals surface area contributed by atoms with Crippen LogP contribution in [-0.4, -0.2) is 53.2 Å². The topological polar surface area (TPSA) is 43.8 Å². The molecule has 0 spiro atoms. The molecule has 0 radical (unpaired) electrons. The summed E-state index contributed by atoms with van der Waals surface area (Å²) in [7, 11) is 0. The van der Waals surface area contributed by atoms with Gasteiger partial charge in [-0.15, -0.1) is 0 Å². The molecule has 80 valence electrons. The number of rotatable bonds is 4. The van der Waals surface area contributed by atoms with Crippen LogP contribution in [0.2, 0.25) is 0 Å². The fourth-order valence-corrected chi connectivity index (χ4v) is 2.00. The molecule has 1 aliphatic heterocycles. The van der Waals surface area contributed by atoms with Crippen molar-refractivity contribution in [1.82, 2.24) is 9.80 Å². The van der Waals surface area contributed by atoms with Crippen molar-refractivity contribution >= 4 is 6.03 Å². The zero-order valence-electron chi connectivity index (χ0n) is 8.48. The predicted octanol–water partition coefficient (Wildman–Crippen LogP) is 0.659. The number of nitrogens with zero attached hydrogens (tertiary/aromatic N) is 2. The van der Waals surface area contributed by atoms with E-state index in [1.54, 1.807) is 0 Å². The Morgan fingerprint density at radius 1 is 1.36 bits per heavy atom. The minimum Gasteiger partial charge on any atom is -0.396 e. The summed E-state index contributed by atoms with van der Waals surface area (Å²) in [4.78, 5) is 15.8. The number of urea groups is 1. The van der Waals surface area contributed by atoms with E-state index in [0.717, 1.165) is 19.5 Å². The molecule has 2 amide bonds. The molecule has 1 heterocycles. The largest absolute Gasteiger partial charge is 0.396 e. The highest BCUT2D eigenvalue weighted by Gasteiger charge is 2.36. The second-order valence-electron chi connectivity index (χ2n) is 4.12. The van der Waals surface area contributed by atoms with Crippen molar-refractivity contribution in [3.8, 4) is 0 Å². The zero-order chi connectivity index (χ0) is 9.97. The number of hydrogen-bond donors (Lipinski definition) is 1. The van der Waals surface area contributed by atoms with Crippen LogP contribution in [0.5, 0.6) is 0 Å². The predicted molar refractivity (Wildman–Crippen MR) is 53.0 cm³/mol. The van der Waals surface area contributed by atoms with Gasteiger partial charge in [0.25, 0.3) is 0 Å². The molecule has 4 nitrogen and oxygen atoms in total. The van der Waals surface area contributed by atoms with E-state index in [9.17, 15) is 4.79 Å². The minimum atomic E-state index is 0.174. The zero-order valence-corrected chi connectivity index (χ0v) is 8.48. The highest BCUT2D eigenvalue weighted by molar-refractivity contribution is 5.75. The first-order valence-electron chi connectivity index (χ1n) is 5.49. The molecule has 14 heavy (non-hydrogen) atoms. The molecule has 0 atom stereocenters. The number of aliphatic hydroxyl groups is 1. The Hall–Kier alpha value is -0.770. The molecule has 0 unspecified atom stereocenters. The van der Waals surface area contributed by atoms with Crippen LogP contribution in [0, 0.1) is 0 Å². The standard InChI is InChI=1S/C10H18N2O2/c13-8-2-6-11-5-1-7-12(10(11)14)9-3-4-9/h9,13H,1-8H2. The lowest BCUT2D eigenvalue weighted by molar-refractivity contribution is 0.122. The van der Waals surface area contributed by atoms with Crippen molar-refractivity contribution in [2.45, 2.75) is 31.7 Å². The number of carbonyl (C=O) groups is 1. The van der Waals surface area contributed by atoms with Gasteiger partial charge < -0.3 is 14.9 Å². The number of hydrogen-bond acceptors (Lipinski definition) is 2. The first kappa shape index (κ1) is 9.77. The summed E-state index contributed by atoms with van der Waals surface area (Å²) in [6.07, 6.45) is 4.14. The molecule has 0 aromatic heterocycles. The number of amides is 2. The molecule has 2 aliphatic rings. The van der Waals surface area contributed by atoms with Gasteiger partial charge in [-0.25, -0.2) is 4.79 Å². The van der Waals surface area contributed by atoms with Crippen molar-refractivity contribution < 1.29 is 9.90 Å². The van der Waals surface area contributed by atoms with Crippen LogP contribution in [0.25, 0.3) is 0 Å². The third-order valence-electron chi connectivity index (χ3n) is 2.92. The maximum atomic E-state index is 11.9. The number of aliphatic hydroxyl groups excluding tert-OH is 1. The summed E-state index contributed by atoms with van der Waals surface area (Å²) in [6, 6.07) is 0.714. The van der Waals surface area contributed by atoms with E-state index in [-0.39, 0.29) is 12.6 Å². The summed E-state index contributed by atoms with van der Waals surface area (Å²) in [6.45, 7) is 2.67. The molecule has 1 saturated carbocycles. The molecule has 1 aliphatic carbocycles. The summed E-state index contributed by atoms with van der Waals surface area (Å²) < 4.78 is 0. The van der Waals surface area contributed by atoms with Crippen LogP contribution in [-0.2, 0) is 0 Å². The van der Waals surface area contributed by atoms with E-state index < -0.39 is 0 Å². The van der Waals surface area contributed by atoms with Crippen molar-refractivity contribution in [1.29, 1.82) is 0 Å². The van der Waals surface area contributed by atoms with Crippen molar-refractivity contribution in [2.24, 2.45) is 0 Å². The van der Waals surface area contributed by atoms with Crippen molar-refractivity contribution in [2.75, 3.05) is 26.2 Å². The lowest BCUT2D eigenvalue weighted by atomic mass is 10.2. The average Bonchev–Trinajstić information content (AvgIpc) is 3.00. The van der Waals surface area contributed by atoms with E-state index in [0.29, 0.717) is 19.0 Å². The Labute approximate surface area is 84.5 Å². The highest BCUT2D eigenvalue weighted by Crippen LogP contribution is 2.29. The molecule has 1 saturated heterocycles. The van der Waals surface area contributed by atoms with Gasteiger partial charge >= 0.3 is 6.03 Å². The number of carbonyl (C=O) groups excluding carboxylic acids is 1. The van der Waals surface area contributed by atoms with Gasteiger partial charge in [-0.2, -0.15) is 0 Å². The molecule has 0 bridgehead atoms. The molecule has 2 fully saturated rings. The molecule has 4 heteroatoms. The normalized spacial score (nSPS) is 23.1. The van der Waals surface area contributed by atoms with E-state index in [1.807, 2.05) is 9.80 Å². The summed E-state index contributed by atoms with van der Waals surface area (Å²) in [5.74, 6) is 0. The fraction of sp³-hybridized carbons (Fsp3) is 0.900. The fourth-order valence-electron chi connectivity index (χ4n) is 2.00. The van der Waals surface area contributed by atoms with E-state index in [2.05, 4.69) is 0 Å². The summed E-state index contributed by atoms with van der Waals surface area (Å²) in [5, 5.41) is 8.72. The molecule has 0 aromatic carbocycles. The van der Waals surface area contributed by atoms with Gasteiger partial charge in [-0.3, -0.25) is 0 Å². The Morgan fingerprint density at radius 3 is 2.79 bits per heavy atom. The Bertz CT molecular complexity index is 216. The van der Waals surface area contributed by atoms with Crippen LogP contribution in [0.15, 0.2) is 0 Å². The molecular formula is C10H18N2O2. The molecule has 1 N–H and O–H groups in total. The quantitative estimate of drug-likeness (QED) is 0.721. The first-order chi connectivity index (χ1) is 6.83. The van der Waals surface area contributed by atoms with E-state index >= 15 is 0 Å². The lowest BCUT2D eigenvalue weighted by Gasteiger charge is -2.35. The third kappa shape index (κ3) is 2.00. The maximum Gasteiger partial charge on any atom is 0.320 e. The van der Waals surface area contributed by atoms with Crippen LogP contribution >= 0.6 is 0 Å². The lowest BCUT2D eigenvalue weighted by Crippen LogP contribution is -2.50. The Morgan fingerprint density at radius 2 is 2.14 bits per heavy atom. The smallest absolute Gasteiger partial charge is 0.320 e. The van der Waals surface area contributed by atoms with Crippen molar-refractivity contribution in [3.05, 3.63) is 0 Å². The van der Waals surface area contributed by atoms with Gasteiger partial charge in [0.2, 0.25) is 0 Å². The van der Waals surface area contributed by atoms with Gasteiger partial charge in [0.15, 0.2) is 0 Å². The van der Waals surface area contributed by atoms with Crippen LogP contribution in [0.4, 0.5) is 4.79 Å². The van der Waals surface area contributed by atoms with Gasteiger partial charge in [0.1, 0.15) is 0 Å². The van der Waals surface area contributed by atoms with E-state index in [1.165, 1.54) is 12.8 Å². The van der Waals surface area contributed by atoms with Gasteiger partial charge in [0, 0.05) is 32.3 Å². The first-order valence-corrected chi connectivity index (χ1v) is 5.49. The van der Waals surface area contributed by atoms with Crippen LogP contribution in [0.3, 0.4) is 0 Å². The monoisotopic (exact) mass is 198 g/mol. The van der Waals surface area contributed by atoms with E-state index in [4.69, 9.17) is 5.11 Å². The van der Waals surface area contributed by atoms with Gasteiger partial charge in [-0.1, -0.05) is 0 Å². The Kier molecular flexibility index (Phi) is 2.91. The highest BCUT2D eigenvalue weighted by atomic mass is 16.3. The van der Waals surface area contributed by atoms with Gasteiger partial charge in [0.05, 0.1) is 0 Å². The SMILES string of the molecule is O=C1N(CCCO)CCCN1C1CC1. The molecule has 2 rings (SSSR count). The minimum absolute atomic E-state index is 0.174. The van der Waals surface area contributed by atoms with Gasteiger partial charge in [-0.05, 0) is 25.7 Å². The van der Waals surface area contributed by atoms with Crippen molar-refractivity contribution in [3.63, 3.8) is 0 Å². The third-order valence-corrected chi connectivity index (χ3v) is 2.92. The average molecular weight is 198 g/mol. The summed E-state index contributed by atoms with van der Waals surface area (Å²) in [5.41, 5.74) is 0. The van der Waals surface area contributed by atoms with Crippen LogP contribution in [0.1, 0.15) is 25.7 Å². The Balaban J connectivity index is 1.87. The second-order valence-corrected chi connectivity index (χ2v) is 4.12.